The van der Waals surface area contributed by atoms with Crippen molar-refractivity contribution < 1.29 is 13.5 Å². The van der Waals surface area contributed by atoms with E-state index in [-0.39, 0.29) is 17.1 Å². The average Bonchev–Trinajstić information content (AvgIpc) is 2.68. The van der Waals surface area contributed by atoms with E-state index in [1.54, 1.807) is 0 Å². The van der Waals surface area contributed by atoms with Crippen molar-refractivity contribution in [2.45, 2.75) is 12.8 Å². The van der Waals surface area contributed by atoms with Gasteiger partial charge in [0.2, 0.25) is 0 Å². The first-order valence-corrected chi connectivity index (χ1v) is 8.42. The Morgan fingerprint density at radius 1 is 1.14 bits per heavy atom. The van der Waals surface area contributed by atoms with Crippen LogP contribution < -0.4 is 21.3 Å². The number of nitrogens with one attached hydrogen (secondary N) is 3. The third-order valence-corrected chi connectivity index (χ3v) is 3.77. The first-order valence-electron chi connectivity index (χ1n) is 8.42. The quantitative estimate of drug-likeness (QED) is 0.542. The fourth-order valence-electron chi connectivity index (χ4n) is 2.47. The van der Waals surface area contributed by atoms with E-state index in [1.165, 1.54) is 12.3 Å². The van der Waals surface area contributed by atoms with Gasteiger partial charge in [-0.05, 0) is 18.1 Å². The molecule has 3 aromatic rings. The lowest BCUT2D eigenvalue weighted by atomic mass is 10.1. The molecule has 2 heterocycles. The Hall–Kier alpha value is -3.56. The normalized spacial score (nSPS) is 10.8. The van der Waals surface area contributed by atoms with E-state index in [0.717, 1.165) is 5.56 Å². The van der Waals surface area contributed by atoms with Gasteiger partial charge < -0.3 is 15.0 Å². The second kappa shape index (κ2) is 8.89. The zero-order valence-electron chi connectivity index (χ0n) is 14.6. The molecular formula is C18H17F2N5O3. The minimum Gasteiger partial charge on any atom is -0.469 e. The highest BCUT2D eigenvalue weighted by atomic mass is 19.3. The second-order valence-corrected chi connectivity index (χ2v) is 5.80. The summed E-state index contributed by atoms with van der Waals surface area (Å²) >= 11 is 0. The van der Waals surface area contributed by atoms with Crippen molar-refractivity contribution >= 4 is 5.69 Å². The molecule has 0 saturated heterocycles. The Morgan fingerprint density at radius 2 is 1.93 bits per heavy atom. The monoisotopic (exact) mass is 389 g/mol. The second-order valence-electron chi connectivity index (χ2n) is 5.80. The number of anilines is 1. The topological polar surface area (TPSA) is 113 Å². The number of benzene rings is 1. The molecule has 28 heavy (non-hydrogen) atoms. The average molecular weight is 389 g/mol. The van der Waals surface area contributed by atoms with Crippen LogP contribution in [-0.4, -0.2) is 39.7 Å². The fraction of sp³-hybridized carbons (Fsp3) is 0.222. The Morgan fingerprint density at radius 3 is 2.64 bits per heavy atom. The highest BCUT2D eigenvalue weighted by Crippen LogP contribution is 2.25. The maximum Gasteiger partial charge on any atom is 0.325 e. The number of rotatable bonds is 8. The van der Waals surface area contributed by atoms with Crippen LogP contribution >= 0.6 is 0 Å². The van der Waals surface area contributed by atoms with Crippen LogP contribution in [0.25, 0.3) is 11.3 Å². The highest BCUT2D eigenvalue weighted by Gasteiger charge is 2.14. The first-order chi connectivity index (χ1) is 13.5. The number of hydrogen-bond acceptors (Lipinski definition) is 6. The predicted octanol–water partition coefficient (Wildman–Crippen LogP) is 1.82. The number of hydrogen-bond donors (Lipinski definition) is 3. The van der Waals surface area contributed by atoms with Gasteiger partial charge in [-0.3, -0.25) is 9.78 Å². The molecule has 10 heteroatoms. The van der Waals surface area contributed by atoms with Gasteiger partial charge in [0.05, 0.1) is 5.56 Å². The number of aromatic nitrogens is 4. The molecule has 1 aromatic carbocycles. The predicted molar refractivity (Wildman–Crippen MR) is 98.8 cm³/mol. The first kappa shape index (κ1) is 19.2. The molecule has 0 atom stereocenters. The minimum atomic E-state index is -2.67. The van der Waals surface area contributed by atoms with Gasteiger partial charge in [0, 0.05) is 12.7 Å². The molecule has 0 saturated carbocycles. The molecule has 3 N–H and O–H groups in total. The molecule has 0 aliphatic heterocycles. The van der Waals surface area contributed by atoms with Crippen molar-refractivity contribution in [1.29, 1.82) is 0 Å². The van der Waals surface area contributed by atoms with Gasteiger partial charge in [-0.2, -0.15) is 0 Å². The van der Waals surface area contributed by atoms with E-state index in [4.69, 9.17) is 4.74 Å². The van der Waals surface area contributed by atoms with E-state index >= 15 is 0 Å². The molecule has 0 aliphatic rings. The summed E-state index contributed by atoms with van der Waals surface area (Å²) in [6.07, 6.45) is -0.786. The number of alkyl halides is 2. The standard InChI is InChI=1S/C18H17F2N5O3/c19-15(20)10-28-17-14(21-7-6-11-4-2-1-3-5-11)8-13(24-25-17)12-9-22-18(27)23-16(12)26/h1-5,8-9,15H,6-7,10H2,(H,21,24)(H2,22,23,26,27). The summed E-state index contributed by atoms with van der Waals surface area (Å²) < 4.78 is 30.0. The van der Waals surface area contributed by atoms with Crippen LogP contribution in [0.2, 0.25) is 0 Å². The molecule has 0 bridgehead atoms. The number of aromatic amines is 2. The van der Waals surface area contributed by atoms with Gasteiger partial charge in [-0.15, -0.1) is 10.2 Å². The molecule has 146 valence electrons. The molecule has 3 rings (SSSR count). The molecule has 0 aliphatic carbocycles. The largest absolute Gasteiger partial charge is 0.469 e. The fourth-order valence-corrected chi connectivity index (χ4v) is 2.47. The van der Waals surface area contributed by atoms with E-state index in [2.05, 4.69) is 25.5 Å². The third-order valence-electron chi connectivity index (χ3n) is 3.77. The van der Waals surface area contributed by atoms with Crippen LogP contribution in [0.15, 0.2) is 52.2 Å². The lowest BCUT2D eigenvalue weighted by Gasteiger charge is -2.13. The number of nitrogens with zero attached hydrogens (tertiary/aromatic N) is 2. The van der Waals surface area contributed by atoms with Gasteiger partial charge in [0.1, 0.15) is 11.4 Å². The molecule has 2 aromatic heterocycles. The van der Waals surface area contributed by atoms with Crippen molar-refractivity contribution in [3.8, 4) is 17.1 Å². The van der Waals surface area contributed by atoms with Crippen LogP contribution in [0, 0.1) is 0 Å². The summed E-state index contributed by atoms with van der Waals surface area (Å²) in [6, 6.07) is 11.1. The molecule has 8 nitrogen and oxygen atoms in total. The SMILES string of the molecule is O=c1[nH]cc(-c2cc(NCCc3ccccc3)c(OCC(F)F)nn2)c(=O)[nH]1. The lowest BCUT2D eigenvalue weighted by Crippen LogP contribution is -2.23. The molecule has 0 spiro atoms. The van der Waals surface area contributed by atoms with Crippen LogP contribution in [-0.2, 0) is 6.42 Å². The summed E-state index contributed by atoms with van der Waals surface area (Å²) in [5, 5.41) is 10.7. The van der Waals surface area contributed by atoms with E-state index in [0.29, 0.717) is 18.7 Å². The van der Waals surface area contributed by atoms with Gasteiger partial charge in [-0.1, -0.05) is 30.3 Å². The third kappa shape index (κ3) is 5.00. The van der Waals surface area contributed by atoms with Crippen molar-refractivity contribution in [2.75, 3.05) is 18.5 Å². The van der Waals surface area contributed by atoms with Gasteiger partial charge in [-0.25, -0.2) is 13.6 Å². The maximum absolute atomic E-state index is 12.5. The summed E-state index contributed by atoms with van der Waals surface area (Å²) in [4.78, 5) is 27.6. The summed E-state index contributed by atoms with van der Waals surface area (Å²) in [5.41, 5.74) is 0.341. The molecule has 0 fully saturated rings. The number of halogens is 2. The van der Waals surface area contributed by atoms with Crippen molar-refractivity contribution in [2.24, 2.45) is 0 Å². The molecular weight excluding hydrogens is 372 g/mol. The van der Waals surface area contributed by atoms with Crippen LogP contribution in [0.3, 0.4) is 0 Å². The number of H-pyrrole nitrogens is 2. The van der Waals surface area contributed by atoms with E-state index in [1.807, 2.05) is 30.3 Å². The van der Waals surface area contributed by atoms with Crippen molar-refractivity contribution in [3.63, 3.8) is 0 Å². The molecule has 0 radical (unpaired) electrons. The molecule has 0 unspecified atom stereocenters. The minimum absolute atomic E-state index is 0.0821. The number of ether oxygens (including phenoxy) is 1. The van der Waals surface area contributed by atoms with Gasteiger partial charge >= 0.3 is 5.69 Å². The van der Waals surface area contributed by atoms with E-state index in [9.17, 15) is 18.4 Å². The summed E-state index contributed by atoms with van der Waals surface area (Å²) in [6.45, 7) is -0.358. The Kier molecular flexibility index (Phi) is 6.10. The lowest BCUT2D eigenvalue weighted by molar-refractivity contribution is 0.0795. The Balaban J connectivity index is 1.84. The van der Waals surface area contributed by atoms with Gasteiger partial charge in [0.25, 0.3) is 17.9 Å². The summed E-state index contributed by atoms with van der Waals surface area (Å²) in [5.74, 6) is -0.0991. The van der Waals surface area contributed by atoms with Crippen LogP contribution in [0.4, 0.5) is 14.5 Å². The van der Waals surface area contributed by atoms with Gasteiger partial charge in [0.15, 0.2) is 6.61 Å². The zero-order valence-corrected chi connectivity index (χ0v) is 14.6. The smallest absolute Gasteiger partial charge is 0.325 e. The Bertz CT molecular complexity index is 1040. The van der Waals surface area contributed by atoms with Crippen molar-refractivity contribution in [3.05, 3.63) is 69.0 Å². The maximum atomic E-state index is 12.5. The summed E-state index contributed by atoms with van der Waals surface area (Å²) in [7, 11) is 0. The highest BCUT2D eigenvalue weighted by molar-refractivity contribution is 5.64. The van der Waals surface area contributed by atoms with Crippen LogP contribution in [0.5, 0.6) is 5.88 Å². The Labute approximate surface area is 157 Å². The van der Waals surface area contributed by atoms with E-state index < -0.39 is 24.3 Å². The van der Waals surface area contributed by atoms with Crippen molar-refractivity contribution in [1.82, 2.24) is 20.2 Å². The molecule has 0 amide bonds. The zero-order chi connectivity index (χ0) is 19.9. The van der Waals surface area contributed by atoms with Crippen LogP contribution in [0.1, 0.15) is 5.56 Å².